The molecule has 1 aromatic heterocycles. The molecule has 0 unspecified atom stereocenters. The van der Waals surface area contributed by atoms with Gasteiger partial charge in [-0.05, 0) is 49.2 Å². The first-order valence-electron chi connectivity index (χ1n) is 9.62. The molecule has 2 aromatic carbocycles. The maximum absolute atomic E-state index is 13.0. The van der Waals surface area contributed by atoms with Crippen LogP contribution in [-0.4, -0.2) is 11.8 Å². The summed E-state index contributed by atoms with van der Waals surface area (Å²) in [5.41, 5.74) is 7.30. The van der Waals surface area contributed by atoms with Crippen LogP contribution < -0.4 is 15.8 Å². The van der Waals surface area contributed by atoms with Gasteiger partial charge in [-0.25, -0.2) is 0 Å². The van der Waals surface area contributed by atoms with E-state index in [2.05, 4.69) is 11.4 Å². The molecular weight excluding hydrogens is 382 g/mol. The number of nitriles is 1. The maximum atomic E-state index is 13.0. The van der Waals surface area contributed by atoms with E-state index in [4.69, 9.17) is 10.5 Å². The van der Waals surface area contributed by atoms with Crippen LogP contribution in [0.15, 0.2) is 54.6 Å². The van der Waals surface area contributed by atoms with E-state index >= 15 is 0 Å². The van der Waals surface area contributed by atoms with Crippen molar-refractivity contribution in [2.45, 2.75) is 31.7 Å². The van der Waals surface area contributed by atoms with Crippen LogP contribution in [0.25, 0.3) is 0 Å². The van der Waals surface area contributed by atoms with E-state index in [1.54, 1.807) is 24.3 Å². The van der Waals surface area contributed by atoms with Crippen molar-refractivity contribution < 1.29 is 9.53 Å². The molecule has 0 spiro atoms. The Morgan fingerprint density at radius 1 is 1.07 bits per heavy atom. The first-order chi connectivity index (χ1) is 14.2. The predicted octanol–water partition coefficient (Wildman–Crippen LogP) is 5.58. The van der Waals surface area contributed by atoms with E-state index in [1.807, 2.05) is 30.3 Å². The largest absolute Gasteiger partial charge is 0.457 e. The summed E-state index contributed by atoms with van der Waals surface area (Å²) in [4.78, 5) is 13.4. The second-order valence-electron chi connectivity index (χ2n) is 7.06. The topological polar surface area (TPSA) is 88.1 Å². The molecule has 3 aromatic rings. The Labute approximate surface area is 173 Å². The highest BCUT2D eigenvalue weighted by atomic mass is 32.1. The Kier molecular flexibility index (Phi) is 5.50. The number of hydrogen-bond donors (Lipinski definition) is 2. The molecule has 1 aliphatic carbocycles. The number of anilines is 2. The lowest BCUT2D eigenvalue weighted by Crippen LogP contribution is -2.14. The number of rotatable bonds is 6. The molecule has 0 amide bonds. The fraction of sp³-hybridized carbons (Fsp3) is 0.217. The number of benzene rings is 2. The van der Waals surface area contributed by atoms with Crippen LogP contribution in [-0.2, 0) is 0 Å². The Balaban J connectivity index is 1.54. The van der Waals surface area contributed by atoms with Crippen molar-refractivity contribution in [2.24, 2.45) is 0 Å². The summed E-state index contributed by atoms with van der Waals surface area (Å²) in [5.74, 6) is 1.19. The van der Waals surface area contributed by atoms with E-state index in [1.165, 1.54) is 24.2 Å². The first kappa shape index (κ1) is 19.0. The number of nitrogens with zero attached hydrogens (tertiary/aromatic N) is 1. The third-order valence-electron chi connectivity index (χ3n) is 5.05. The third-order valence-corrected chi connectivity index (χ3v) is 6.18. The van der Waals surface area contributed by atoms with Gasteiger partial charge in [0.2, 0.25) is 5.78 Å². The molecule has 5 nitrogen and oxygen atoms in total. The lowest BCUT2D eigenvalue weighted by atomic mass is 10.1. The van der Waals surface area contributed by atoms with Gasteiger partial charge in [0.1, 0.15) is 33.0 Å². The van der Waals surface area contributed by atoms with Crippen molar-refractivity contribution in [3.63, 3.8) is 0 Å². The number of ketones is 1. The van der Waals surface area contributed by atoms with Crippen LogP contribution in [0.1, 0.15) is 46.5 Å². The zero-order valence-corrected chi connectivity index (χ0v) is 16.7. The normalized spacial score (nSPS) is 13.8. The van der Waals surface area contributed by atoms with E-state index < -0.39 is 0 Å². The number of carbonyl (C=O) groups excluding carboxylic acids is 1. The number of nitrogens with two attached hydrogens (primary N) is 1. The quantitative estimate of drug-likeness (QED) is 0.525. The van der Waals surface area contributed by atoms with Gasteiger partial charge in [0, 0.05) is 11.6 Å². The summed E-state index contributed by atoms with van der Waals surface area (Å²) >= 11 is 1.27. The number of nitrogen functional groups attached to an aromatic ring is 1. The van der Waals surface area contributed by atoms with Gasteiger partial charge in [-0.15, -0.1) is 11.3 Å². The van der Waals surface area contributed by atoms with Crippen molar-refractivity contribution in [3.8, 4) is 17.6 Å². The molecular formula is C23H21N3O2S. The van der Waals surface area contributed by atoms with Crippen LogP contribution in [0, 0.1) is 11.3 Å². The van der Waals surface area contributed by atoms with Gasteiger partial charge in [0.15, 0.2) is 0 Å². The van der Waals surface area contributed by atoms with Crippen molar-refractivity contribution in [2.75, 3.05) is 11.1 Å². The lowest BCUT2D eigenvalue weighted by molar-refractivity contribution is 0.104. The van der Waals surface area contributed by atoms with Crippen molar-refractivity contribution in [3.05, 3.63) is 70.6 Å². The summed E-state index contributed by atoms with van der Waals surface area (Å²) in [6.45, 7) is 0. The maximum Gasteiger partial charge on any atom is 0.205 e. The Bertz CT molecular complexity index is 1050. The summed E-state index contributed by atoms with van der Waals surface area (Å²) < 4.78 is 5.77. The zero-order valence-electron chi connectivity index (χ0n) is 15.9. The highest BCUT2D eigenvalue weighted by molar-refractivity contribution is 7.19. The minimum absolute atomic E-state index is 0.185. The second-order valence-corrected chi connectivity index (χ2v) is 8.08. The second kappa shape index (κ2) is 8.38. The Morgan fingerprint density at radius 2 is 1.72 bits per heavy atom. The predicted molar refractivity (Wildman–Crippen MR) is 116 cm³/mol. The number of carbonyl (C=O) groups is 1. The van der Waals surface area contributed by atoms with Gasteiger partial charge in [0.25, 0.3) is 0 Å². The molecule has 1 heterocycles. The van der Waals surface area contributed by atoms with E-state index in [9.17, 15) is 10.1 Å². The molecule has 0 bridgehead atoms. The van der Waals surface area contributed by atoms with Gasteiger partial charge >= 0.3 is 0 Å². The van der Waals surface area contributed by atoms with Gasteiger partial charge in [-0.1, -0.05) is 31.0 Å². The third kappa shape index (κ3) is 4.10. The van der Waals surface area contributed by atoms with Crippen molar-refractivity contribution in [1.82, 2.24) is 0 Å². The summed E-state index contributed by atoms with van der Waals surface area (Å²) in [6, 6.07) is 18.9. The van der Waals surface area contributed by atoms with Crippen molar-refractivity contribution in [1.29, 1.82) is 5.26 Å². The van der Waals surface area contributed by atoms with E-state index in [0.717, 1.165) is 18.6 Å². The fourth-order valence-corrected chi connectivity index (χ4v) is 4.62. The first-order valence-corrected chi connectivity index (χ1v) is 10.4. The molecule has 3 N–H and O–H groups in total. The van der Waals surface area contributed by atoms with Gasteiger partial charge < -0.3 is 15.8 Å². The molecule has 0 atom stereocenters. The minimum atomic E-state index is -0.185. The number of hydrogen-bond acceptors (Lipinski definition) is 6. The molecule has 29 heavy (non-hydrogen) atoms. The number of ether oxygens (including phenoxy) is 1. The molecule has 6 heteroatoms. The molecule has 0 radical (unpaired) electrons. The molecule has 1 fully saturated rings. The highest BCUT2D eigenvalue weighted by Crippen LogP contribution is 2.38. The average molecular weight is 404 g/mol. The summed E-state index contributed by atoms with van der Waals surface area (Å²) in [6.07, 6.45) is 4.52. The smallest absolute Gasteiger partial charge is 0.205 e. The standard InChI is InChI=1S/C23H21N3O2S/c24-14-19-20(25)22(29-23(19)26-16-6-4-5-7-16)21(27)15-10-12-18(13-11-15)28-17-8-2-1-3-9-17/h1-3,8-13,16,26H,4-7,25H2. The van der Waals surface area contributed by atoms with E-state index in [0.29, 0.717) is 32.8 Å². The van der Waals surface area contributed by atoms with Crippen LogP contribution in [0.3, 0.4) is 0 Å². The van der Waals surface area contributed by atoms with Crippen LogP contribution in [0.5, 0.6) is 11.5 Å². The Morgan fingerprint density at radius 3 is 2.38 bits per heavy atom. The molecule has 4 rings (SSSR count). The number of para-hydroxylation sites is 1. The summed E-state index contributed by atoms with van der Waals surface area (Å²) in [5, 5.41) is 13.6. The fourth-order valence-electron chi connectivity index (χ4n) is 3.51. The SMILES string of the molecule is N#Cc1c(NC2CCCC2)sc(C(=O)c2ccc(Oc3ccccc3)cc2)c1N. The van der Waals surface area contributed by atoms with Crippen molar-refractivity contribution >= 4 is 27.8 Å². The van der Waals surface area contributed by atoms with Gasteiger partial charge in [-0.3, -0.25) is 4.79 Å². The molecule has 1 aliphatic rings. The van der Waals surface area contributed by atoms with Gasteiger partial charge in [0.05, 0.1) is 5.69 Å². The number of thiophene rings is 1. The van der Waals surface area contributed by atoms with Crippen LogP contribution in [0.2, 0.25) is 0 Å². The molecule has 1 saturated carbocycles. The zero-order chi connectivity index (χ0) is 20.2. The monoisotopic (exact) mass is 403 g/mol. The molecule has 0 aliphatic heterocycles. The average Bonchev–Trinajstić information content (AvgIpc) is 3.36. The van der Waals surface area contributed by atoms with Crippen LogP contribution in [0.4, 0.5) is 10.7 Å². The minimum Gasteiger partial charge on any atom is -0.457 e. The Hall–Kier alpha value is -3.30. The lowest BCUT2D eigenvalue weighted by Gasteiger charge is -2.11. The van der Waals surface area contributed by atoms with Crippen LogP contribution >= 0.6 is 11.3 Å². The number of nitrogens with one attached hydrogen (secondary N) is 1. The summed E-state index contributed by atoms with van der Waals surface area (Å²) in [7, 11) is 0. The molecule has 146 valence electrons. The highest BCUT2D eigenvalue weighted by Gasteiger charge is 2.24. The molecule has 0 saturated heterocycles. The van der Waals surface area contributed by atoms with E-state index in [-0.39, 0.29) is 11.5 Å². The van der Waals surface area contributed by atoms with Gasteiger partial charge in [-0.2, -0.15) is 5.26 Å².